The quantitative estimate of drug-likeness (QED) is 0.799. The summed E-state index contributed by atoms with van der Waals surface area (Å²) in [4.78, 5) is 0. The summed E-state index contributed by atoms with van der Waals surface area (Å²) in [6.07, 6.45) is 0. The molecular weight excluding hydrogens is 282 g/mol. The number of hydrogen-bond donors (Lipinski definition) is 1. The SMILES string of the molecule is CCNC(CS(=O)(=O)CC(C)C)c1ccc(C(C)C)cc1. The molecular formula is C17H29NO2S. The third-order valence-corrected chi connectivity index (χ3v) is 5.48. The topological polar surface area (TPSA) is 46.2 Å². The number of benzene rings is 1. The zero-order valence-corrected chi connectivity index (χ0v) is 14.7. The summed E-state index contributed by atoms with van der Waals surface area (Å²) in [5.74, 6) is 1.07. The van der Waals surface area contributed by atoms with E-state index in [0.717, 1.165) is 12.1 Å². The van der Waals surface area contributed by atoms with Crippen LogP contribution in [0.25, 0.3) is 0 Å². The van der Waals surface area contributed by atoms with Crippen molar-refractivity contribution in [3.63, 3.8) is 0 Å². The number of sulfone groups is 1. The second-order valence-corrected chi connectivity index (χ2v) is 8.56. The van der Waals surface area contributed by atoms with E-state index in [1.165, 1.54) is 5.56 Å². The fraction of sp³-hybridized carbons (Fsp3) is 0.647. The van der Waals surface area contributed by atoms with E-state index in [9.17, 15) is 8.42 Å². The lowest BCUT2D eigenvalue weighted by atomic mass is 9.99. The van der Waals surface area contributed by atoms with Gasteiger partial charge in [-0.25, -0.2) is 8.42 Å². The minimum absolute atomic E-state index is 0.125. The van der Waals surface area contributed by atoms with Gasteiger partial charge >= 0.3 is 0 Å². The molecule has 1 atom stereocenters. The predicted octanol–water partition coefficient (Wildman–Crippen LogP) is 3.53. The highest BCUT2D eigenvalue weighted by Crippen LogP contribution is 2.20. The van der Waals surface area contributed by atoms with E-state index in [0.29, 0.717) is 5.92 Å². The Morgan fingerprint density at radius 3 is 1.90 bits per heavy atom. The van der Waals surface area contributed by atoms with E-state index in [4.69, 9.17) is 0 Å². The Hall–Kier alpha value is -0.870. The van der Waals surface area contributed by atoms with Crippen molar-refractivity contribution in [1.82, 2.24) is 5.32 Å². The van der Waals surface area contributed by atoms with Crippen LogP contribution in [0.1, 0.15) is 57.7 Å². The van der Waals surface area contributed by atoms with Crippen molar-refractivity contribution in [1.29, 1.82) is 0 Å². The van der Waals surface area contributed by atoms with E-state index in [1.807, 2.05) is 32.9 Å². The molecule has 0 aromatic heterocycles. The third kappa shape index (κ3) is 6.18. The van der Waals surface area contributed by atoms with E-state index in [-0.39, 0.29) is 23.5 Å². The zero-order valence-electron chi connectivity index (χ0n) is 13.9. The zero-order chi connectivity index (χ0) is 16.0. The Labute approximate surface area is 130 Å². The molecule has 4 heteroatoms. The van der Waals surface area contributed by atoms with Gasteiger partial charge in [0.05, 0.1) is 11.5 Å². The monoisotopic (exact) mass is 311 g/mol. The summed E-state index contributed by atoms with van der Waals surface area (Å²) < 4.78 is 24.5. The molecule has 0 fully saturated rings. The van der Waals surface area contributed by atoms with Crippen LogP contribution in [0, 0.1) is 5.92 Å². The molecule has 0 amide bonds. The van der Waals surface area contributed by atoms with Gasteiger partial charge in [0.2, 0.25) is 0 Å². The molecule has 1 rings (SSSR count). The summed E-state index contributed by atoms with van der Waals surface area (Å²) >= 11 is 0. The Bertz CT molecular complexity index is 518. The maximum atomic E-state index is 12.2. The third-order valence-electron chi connectivity index (χ3n) is 3.46. The second kappa shape index (κ2) is 7.95. The van der Waals surface area contributed by atoms with Crippen LogP contribution in [-0.4, -0.2) is 26.5 Å². The van der Waals surface area contributed by atoms with Crippen LogP contribution in [0.3, 0.4) is 0 Å². The Balaban J connectivity index is 2.91. The molecule has 1 aromatic rings. The average Bonchev–Trinajstić information content (AvgIpc) is 2.36. The second-order valence-electron chi connectivity index (χ2n) is 6.40. The normalized spacial score (nSPS) is 13.9. The van der Waals surface area contributed by atoms with Gasteiger partial charge in [0.25, 0.3) is 0 Å². The van der Waals surface area contributed by atoms with E-state index < -0.39 is 9.84 Å². The molecule has 1 unspecified atom stereocenters. The van der Waals surface area contributed by atoms with Crippen molar-refractivity contribution in [2.75, 3.05) is 18.1 Å². The number of nitrogens with one attached hydrogen (secondary N) is 1. The van der Waals surface area contributed by atoms with Gasteiger partial charge in [0.1, 0.15) is 0 Å². The molecule has 0 radical (unpaired) electrons. The highest BCUT2D eigenvalue weighted by molar-refractivity contribution is 7.91. The molecule has 0 saturated carbocycles. The smallest absolute Gasteiger partial charge is 0.152 e. The lowest BCUT2D eigenvalue weighted by Gasteiger charge is -2.20. The molecule has 0 saturated heterocycles. The van der Waals surface area contributed by atoms with Gasteiger partial charge < -0.3 is 5.32 Å². The van der Waals surface area contributed by atoms with Crippen LogP contribution >= 0.6 is 0 Å². The average molecular weight is 311 g/mol. The molecule has 21 heavy (non-hydrogen) atoms. The molecule has 0 spiro atoms. The molecule has 0 aliphatic carbocycles. The van der Waals surface area contributed by atoms with Crippen LogP contribution in [0.5, 0.6) is 0 Å². The van der Waals surface area contributed by atoms with Gasteiger partial charge in [-0.1, -0.05) is 58.9 Å². The van der Waals surface area contributed by atoms with Gasteiger partial charge in [-0.05, 0) is 29.5 Å². The first-order valence-electron chi connectivity index (χ1n) is 7.78. The minimum Gasteiger partial charge on any atom is -0.309 e. The minimum atomic E-state index is -3.04. The lowest BCUT2D eigenvalue weighted by Crippen LogP contribution is -2.30. The van der Waals surface area contributed by atoms with E-state index >= 15 is 0 Å². The fourth-order valence-electron chi connectivity index (χ4n) is 2.46. The molecule has 0 bridgehead atoms. The van der Waals surface area contributed by atoms with Crippen molar-refractivity contribution in [3.8, 4) is 0 Å². The Morgan fingerprint density at radius 1 is 0.952 bits per heavy atom. The molecule has 1 aromatic carbocycles. The molecule has 3 nitrogen and oxygen atoms in total. The molecule has 0 aliphatic rings. The maximum Gasteiger partial charge on any atom is 0.152 e. The van der Waals surface area contributed by atoms with Gasteiger partial charge in [-0.2, -0.15) is 0 Å². The van der Waals surface area contributed by atoms with Crippen molar-refractivity contribution in [3.05, 3.63) is 35.4 Å². The highest BCUT2D eigenvalue weighted by Gasteiger charge is 2.21. The highest BCUT2D eigenvalue weighted by atomic mass is 32.2. The van der Waals surface area contributed by atoms with Crippen molar-refractivity contribution in [2.24, 2.45) is 5.92 Å². The van der Waals surface area contributed by atoms with Crippen molar-refractivity contribution in [2.45, 2.75) is 46.6 Å². The summed E-state index contributed by atoms with van der Waals surface area (Å²) in [5, 5.41) is 3.30. The predicted molar refractivity (Wildman–Crippen MR) is 90.4 cm³/mol. The first-order valence-corrected chi connectivity index (χ1v) is 9.61. The van der Waals surface area contributed by atoms with Crippen LogP contribution < -0.4 is 5.32 Å². The lowest BCUT2D eigenvalue weighted by molar-refractivity contribution is 0.550. The Morgan fingerprint density at radius 2 is 1.48 bits per heavy atom. The Kier molecular flexibility index (Phi) is 6.88. The fourth-order valence-corrected chi connectivity index (χ4v) is 4.43. The summed E-state index contributed by atoms with van der Waals surface area (Å²) in [6.45, 7) is 11.0. The van der Waals surface area contributed by atoms with Gasteiger partial charge in [0.15, 0.2) is 9.84 Å². The molecule has 1 N–H and O–H groups in total. The van der Waals surface area contributed by atoms with Gasteiger partial charge in [-0.3, -0.25) is 0 Å². The van der Waals surface area contributed by atoms with Crippen molar-refractivity contribution < 1.29 is 8.42 Å². The largest absolute Gasteiger partial charge is 0.309 e. The van der Waals surface area contributed by atoms with Crippen molar-refractivity contribution >= 4 is 9.84 Å². The van der Waals surface area contributed by atoms with Crippen LogP contribution in [0.15, 0.2) is 24.3 Å². The van der Waals surface area contributed by atoms with Crippen LogP contribution in [0.2, 0.25) is 0 Å². The number of rotatable bonds is 8. The number of hydrogen-bond acceptors (Lipinski definition) is 3. The molecule has 120 valence electrons. The summed E-state index contributed by atoms with van der Waals surface area (Å²) in [7, 11) is -3.04. The van der Waals surface area contributed by atoms with Gasteiger partial charge in [-0.15, -0.1) is 0 Å². The van der Waals surface area contributed by atoms with Crippen LogP contribution in [0.4, 0.5) is 0 Å². The standard InChI is InChI=1S/C17H29NO2S/c1-6-18-17(12-21(19,20)11-13(2)3)16-9-7-15(8-10-16)14(4)5/h7-10,13-14,17-18H,6,11-12H2,1-5H3. The first kappa shape index (κ1) is 18.2. The molecule has 0 aliphatic heterocycles. The van der Waals surface area contributed by atoms with E-state index in [2.05, 4.69) is 31.3 Å². The molecule has 0 heterocycles. The van der Waals surface area contributed by atoms with Gasteiger partial charge in [0, 0.05) is 6.04 Å². The summed E-state index contributed by atoms with van der Waals surface area (Å²) in [6, 6.07) is 8.17. The summed E-state index contributed by atoms with van der Waals surface area (Å²) in [5.41, 5.74) is 2.33. The van der Waals surface area contributed by atoms with Crippen LogP contribution in [-0.2, 0) is 9.84 Å². The first-order chi connectivity index (χ1) is 9.75. The maximum absolute atomic E-state index is 12.2. The van der Waals surface area contributed by atoms with E-state index in [1.54, 1.807) is 0 Å².